The number of fused-ring (bicyclic) bond motifs is 4. The normalized spacial score (nSPS) is 16.1. The summed E-state index contributed by atoms with van der Waals surface area (Å²) < 4.78 is 6.87. The first-order valence-electron chi connectivity index (χ1n) is 8.64. The molecule has 0 atom stereocenters. The first-order valence-corrected chi connectivity index (χ1v) is 8.64. The Morgan fingerprint density at radius 2 is 1.89 bits per heavy atom. The van der Waals surface area contributed by atoms with Gasteiger partial charge in [0.05, 0.1) is 29.9 Å². The van der Waals surface area contributed by atoms with E-state index in [9.17, 15) is 9.59 Å². The summed E-state index contributed by atoms with van der Waals surface area (Å²) in [5.74, 6) is -0.277. The van der Waals surface area contributed by atoms with E-state index in [1.807, 2.05) is 12.1 Å². The molecule has 0 saturated heterocycles. The van der Waals surface area contributed by atoms with Gasteiger partial charge in [0.2, 0.25) is 0 Å². The number of nitrogens with zero attached hydrogens (tertiary/aromatic N) is 1. The zero-order chi connectivity index (χ0) is 17.4. The minimum absolute atomic E-state index is 0. The highest BCUT2D eigenvalue weighted by Gasteiger charge is 2.32. The second-order valence-corrected chi connectivity index (χ2v) is 6.95. The average molecular weight is 379 g/mol. The Morgan fingerprint density at radius 3 is 2.74 bits per heavy atom. The van der Waals surface area contributed by atoms with Crippen LogP contribution in [-0.2, 0) is 29.1 Å². The van der Waals surface area contributed by atoms with Crippen LogP contribution >= 0.6 is 12.4 Å². The van der Waals surface area contributed by atoms with E-state index in [1.165, 1.54) is 16.3 Å². The Labute approximate surface area is 160 Å². The molecule has 0 unspecified atom stereocenters. The van der Waals surface area contributed by atoms with Crippen LogP contribution in [0.4, 0.5) is 5.69 Å². The zero-order valence-electron chi connectivity index (χ0n) is 14.2. The fraction of sp³-hybridized carbons (Fsp3) is 0.143. The number of cyclic esters (lactones) is 1. The van der Waals surface area contributed by atoms with E-state index in [1.54, 1.807) is 4.57 Å². The molecule has 0 saturated carbocycles. The number of hydrogen-bond acceptors (Lipinski definition) is 4. The number of rotatable bonds is 0. The maximum absolute atomic E-state index is 13.0. The Balaban J connectivity index is 0.00000160. The molecule has 1 N–H and O–H groups in total. The van der Waals surface area contributed by atoms with Crippen LogP contribution in [0, 0.1) is 0 Å². The Bertz CT molecular complexity index is 1250. The Hall–Kier alpha value is -3.05. The molecule has 0 fully saturated rings. The monoisotopic (exact) mass is 378 g/mol. The van der Waals surface area contributed by atoms with Gasteiger partial charge >= 0.3 is 5.97 Å². The zero-order valence-corrected chi connectivity index (χ0v) is 15.1. The lowest BCUT2D eigenvalue weighted by Gasteiger charge is -2.21. The molecule has 0 amide bonds. The van der Waals surface area contributed by atoms with Gasteiger partial charge in [-0.25, -0.2) is 0 Å². The molecule has 6 heteroatoms. The van der Waals surface area contributed by atoms with Gasteiger partial charge in [-0.15, -0.1) is 12.4 Å². The lowest BCUT2D eigenvalue weighted by atomic mass is 9.93. The number of allylic oxidation sites excluding steroid dienone is 1. The maximum atomic E-state index is 13.0. The summed E-state index contributed by atoms with van der Waals surface area (Å²) in [6.07, 6.45) is 0.160. The lowest BCUT2D eigenvalue weighted by molar-refractivity contribution is -0.145. The van der Waals surface area contributed by atoms with Crippen LogP contribution in [0.1, 0.15) is 22.4 Å². The van der Waals surface area contributed by atoms with Gasteiger partial charge in [-0.2, -0.15) is 0 Å². The van der Waals surface area contributed by atoms with E-state index >= 15 is 0 Å². The number of pyridine rings is 1. The summed E-state index contributed by atoms with van der Waals surface area (Å²) in [4.78, 5) is 24.6. The summed E-state index contributed by atoms with van der Waals surface area (Å²) in [5.41, 5.74) is 6.49. The van der Waals surface area contributed by atoms with Gasteiger partial charge in [0.1, 0.15) is 6.61 Å². The predicted octanol–water partition coefficient (Wildman–Crippen LogP) is 3.33. The maximum Gasteiger partial charge on any atom is 0.310 e. The van der Waals surface area contributed by atoms with Gasteiger partial charge in [0.25, 0.3) is 5.56 Å². The van der Waals surface area contributed by atoms with E-state index in [0.29, 0.717) is 12.1 Å². The SMILES string of the molecule is Cl.O=C1Cc2cc3n(c(=O)c2CO1)CC1=C3Nc2cccc3cccc1c23. The second-order valence-electron chi connectivity index (χ2n) is 6.95. The third kappa shape index (κ3) is 2.06. The van der Waals surface area contributed by atoms with E-state index in [0.717, 1.165) is 28.2 Å². The first kappa shape index (κ1) is 16.1. The average Bonchev–Trinajstić information content (AvgIpc) is 3.01. The van der Waals surface area contributed by atoms with Crippen molar-refractivity contribution in [3.05, 3.63) is 75.2 Å². The van der Waals surface area contributed by atoms with Gasteiger partial charge in [0.15, 0.2) is 0 Å². The van der Waals surface area contributed by atoms with Gasteiger partial charge in [-0.1, -0.05) is 30.3 Å². The Kier molecular flexibility index (Phi) is 3.27. The first-order chi connectivity index (χ1) is 12.7. The topological polar surface area (TPSA) is 60.3 Å². The second kappa shape index (κ2) is 5.47. The van der Waals surface area contributed by atoms with Crippen LogP contribution in [0.15, 0.2) is 47.3 Å². The molecular weight excluding hydrogens is 364 g/mol. The highest BCUT2D eigenvalue weighted by atomic mass is 35.5. The molecule has 0 aliphatic carbocycles. The van der Waals surface area contributed by atoms with Gasteiger partial charge in [0, 0.05) is 16.6 Å². The molecule has 3 aliphatic heterocycles. The van der Waals surface area contributed by atoms with Crippen molar-refractivity contribution >= 4 is 46.1 Å². The third-order valence-electron chi connectivity index (χ3n) is 5.57. The molecule has 134 valence electrons. The number of benzene rings is 2. The molecule has 6 rings (SSSR count). The van der Waals surface area contributed by atoms with Crippen molar-refractivity contribution in [3.63, 3.8) is 0 Å². The quantitative estimate of drug-likeness (QED) is 0.609. The van der Waals surface area contributed by atoms with Crippen molar-refractivity contribution in [2.24, 2.45) is 0 Å². The van der Waals surface area contributed by atoms with Gasteiger partial charge in [-0.05, 0) is 28.6 Å². The van der Waals surface area contributed by atoms with Crippen molar-refractivity contribution in [1.29, 1.82) is 0 Å². The molecule has 3 aliphatic rings. The minimum Gasteiger partial charge on any atom is -0.460 e. The molecule has 5 nitrogen and oxygen atoms in total. The van der Waals surface area contributed by atoms with Crippen LogP contribution in [0.25, 0.3) is 22.0 Å². The lowest BCUT2D eigenvalue weighted by Crippen LogP contribution is -2.30. The summed E-state index contributed by atoms with van der Waals surface area (Å²) in [7, 11) is 0. The van der Waals surface area contributed by atoms with Crippen molar-refractivity contribution in [3.8, 4) is 0 Å². The fourth-order valence-corrected chi connectivity index (χ4v) is 4.36. The number of esters is 1. The van der Waals surface area contributed by atoms with Crippen molar-refractivity contribution in [2.45, 2.75) is 19.6 Å². The van der Waals surface area contributed by atoms with Crippen molar-refractivity contribution < 1.29 is 9.53 Å². The number of anilines is 1. The fourth-order valence-electron chi connectivity index (χ4n) is 4.36. The minimum atomic E-state index is -0.277. The Morgan fingerprint density at radius 1 is 1.07 bits per heavy atom. The number of ether oxygens (including phenoxy) is 1. The smallest absolute Gasteiger partial charge is 0.310 e. The number of halogens is 1. The summed E-state index contributed by atoms with van der Waals surface area (Å²) >= 11 is 0. The highest BCUT2D eigenvalue weighted by Crippen LogP contribution is 2.44. The summed E-state index contributed by atoms with van der Waals surface area (Å²) in [5, 5.41) is 5.90. The van der Waals surface area contributed by atoms with E-state index in [-0.39, 0.29) is 37.0 Å². The molecule has 0 bridgehead atoms. The van der Waals surface area contributed by atoms with Crippen LogP contribution in [0.5, 0.6) is 0 Å². The number of carbonyl (C=O) groups excluding carboxylic acids is 1. The molecule has 4 heterocycles. The van der Waals surface area contributed by atoms with Crippen molar-refractivity contribution in [1.82, 2.24) is 4.57 Å². The molecule has 0 radical (unpaired) electrons. The van der Waals surface area contributed by atoms with Gasteiger partial charge < -0.3 is 14.6 Å². The van der Waals surface area contributed by atoms with Crippen molar-refractivity contribution in [2.75, 3.05) is 5.32 Å². The van der Waals surface area contributed by atoms with Crippen LogP contribution in [0.3, 0.4) is 0 Å². The summed E-state index contributed by atoms with van der Waals surface area (Å²) in [6, 6.07) is 14.4. The third-order valence-corrected chi connectivity index (χ3v) is 5.57. The molecule has 0 spiro atoms. The molecule has 2 aromatic carbocycles. The molecule has 3 aromatic rings. The standard InChI is InChI=1S/C21H14N2O3.ClH/c24-18-8-12-7-17-20-14(9-23(17)21(25)15(12)10-26-18)13-5-1-3-11-4-2-6-16(22-20)19(11)13;/h1-7,22H,8-10H2;1H. The van der Waals surface area contributed by atoms with Crippen LogP contribution in [0.2, 0.25) is 0 Å². The highest BCUT2D eigenvalue weighted by molar-refractivity contribution is 6.14. The van der Waals surface area contributed by atoms with E-state index in [4.69, 9.17) is 4.74 Å². The molecule has 27 heavy (non-hydrogen) atoms. The van der Waals surface area contributed by atoms with Crippen LogP contribution in [-0.4, -0.2) is 10.5 Å². The number of aromatic nitrogens is 1. The molecular formula is C21H15ClN2O3. The largest absolute Gasteiger partial charge is 0.460 e. The van der Waals surface area contributed by atoms with E-state index < -0.39 is 0 Å². The predicted molar refractivity (Wildman–Crippen MR) is 106 cm³/mol. The number of carbonyl (C=O) groups is 1. The van der Waals surface area contributed by atoms with Crippen LogP contribution < -0.4 is 10.9 Å². The number of hydrogen-bond donors (Lipinski definition) is 1. The summed E-state index contributed by atoms with van der Waals surface area (Å²) in [6.45, 7) is 0.604. The van der Waals surface area contributed by atoms with Gasteiger partial charge in [-0.3, -0.25) is 9.59 Å². The van der Waals surface area contributed by atoms with E-state index in [2.05, 4.69) is 35.6 Å². The number of nitrogens with one attached hydrogen (secondary N) is 1. The molecule has 1 aromatic heterocycles.